The average molecular weight is 1580 g/mol. The van der Waals surface area contributed by atoms with E-state index < -0.39 is 93.6 Å². The molecule has 0 bridgehead atoms. The van der Waals surface area contributed by atoms with E-state index in [9.17, 15) is 65.4 Å². The van der Waals surface area contributed by atoms with E-state index in [0.717, 1.165) is 38.6 Å². The Morgan fingerprint density at radius 3 is 1.29 bits per heavy atom. The minimum atomic E-state index is -1.55. The molecule has 0 radical (unpaired) electrons. The van der Waals surface area contributed by atoms with Gasteiger partial charge >= 0.3 is 7.12 Å². The first-order chi connectivity index (χ1) is 51.9. The molecule has 0 aliphatic carbocycles. The summed E-state index contributed by atoms with van der Waals surface area (Å²) in [6.45, 7) is 22.5. The number of nitrogens with zero attached hydrogens (tertiary/aromatic N) is 3. The van der Waals surface area contributed by atoms with Crippen LogP contribution in [0.1, 0.15) is 150 Å². The summed E-state index contributed by atoms with van der Waals surface area (Å²) in [5, 5.41) is 101. The standard InChI is InChI=1S/C25H33BrO2.2C23H29NO7.C15H22BNO3/c1-6-23-17(3)18(4)24(27-15-20-10-8-7-9-11-20)25(28-23)19(5)22-13-12-21(26)14-16(22)2;2*1-12-9-14(13-5-4-6-15(10-13)23(30)24(2)3)7-8-16(12)18(26)22-21(29)20(28)19(27)17(11-25)31-22;1-14(2)15(3,4)20-16(19-14)12-9-7-8-11(10-12)13(18)17(5)6/h7-14,17-19,23-25H,6,15H2,1-5H3;2*4-10,17-22,25-29H,11H2,1-3H3;7-10H,1-6H3/t17-,18-,19+,23?,24?,25+;2*17?,18-,19-,20+,21?,22-;/m011./s1. The Balaban J connectivity index is 0.000000187. The van der Waals surface area contributed by atoms with Crippen molar-refractivity contribution in [3.8, 4) is 22.3 Å². The molecule has 4 saturated heterocycles. The van der Waals surface area contributed by atoms with Crippen LogP contribution >= 0.6 is 15.9 Å². The Morgan fingerprint density at radius 1 is 0.482 bits per heavy atom. The third-order valence-electron chi connectivity index (χ3n) is 21.9. The van der Waals surface area contributed by atoms with E-state index in [2.05, 4.69) is 93.0 Å². The van der Waals surface area contributed by atoms with Gasteiger partial charge in [-0.15, -0.1) is 0 Å². The fraction of sp³-hybridized carbons (Fsp3) is 0.477. The number of amides is 3. The van der Waals surface area contributed by atoms with Crippen LogP contribution in [0.2, 0.25) is 0 Å². The molecule has 0 aromatic heterocycles. The van der Waals surface area contributed by atoms with E-state index in [1.807, 2.05) is 76.2 Å². The summed E-state index contributed by atoms with van der Waals surface area (Å²) in [7, 11) is 9.80. The number of hydrogen-bond donors (Lipinski definition) is 10. The molecule has 4 heterocycles. The first-order valence-electron chi connectivity index (χ1n) is 37.4. The molecule has 7 aromatic carbocycles. The normalized spacial score (nSPS) is 26.2. The van der Waals surface area contributed by atoms with E-state index in [-0.39, 0.29) is 53.2 Å². The van der Waals surface area contributed by atoms with Crippen LogP contribution in [0.3, 0.4) is 0 Å². The quantitative estimate of drug-likeness (QED) is 0.0358. The lowest BCUT2D eigenvalue weighted by atomic mass is 9.76. The van der Waals surface area contributed by atoms with Crippen LogP contribution in [0.25, 0.3) is 22.3 Å². The highest BCUT2D eigenvalue weighted by molar-refractivity contribution is 9.10. The Morgan fingerprint density at radius 2 is 0.882 bits per heavy atom. The van der Waals surface area contributed by atoms with E-state index in [1.54, 1.807) is 128 Å². The van der Waals surface area contributed by atoms with Crippen molar-refractivity contribution in [3.05, 3.63) is 218 Å². The number of aliphatic hydroxyl groups is 10. The molecule has 4 aliphatic heterocycles. The van der Waals surface area contributed by atoms with Crippen molar-refractivity contribution in [2.24, 2.45) is 11.8 Å². The number of halogens is 1. The smallest absolute Gasteiger partial charge is 0.399 e. The Bertz CT molecular complexity index is 4030. The van der Waals surface area contributed by atoms with Crippen molar-refractivity contribution in [1.29, 1.82) is 0 Å². The van der Waals surface area contributed by atoms with Gasteiger partial charge in [0.2, 0.25) is 0 Å². The molecule has 0 spiro atoms. The molecule has 4 fully saturated rings. The molecule has 10 N–H and O–H groups in total. The zero-order valence-electron chi connectivity index (χ0n) is 66.2. The number of hydrogen-bond acceptors (Lipinski definition) is 19. The van der Waals surface area contributed by atoms with Gasteiger partial charge in [0.05, 0.1) is 49.3 Å². The maximum atomic E-state index is 12.2. The van der Waals surface area contributed by atoms with Gasteiger partial charge in [-0.1, -0.05) is 153 Å². The maximum absolute atomic E-state index is 12.2. The van der Waals surface area contributed by atoms with Gasteiger partial charge < -0.3 is 94.0 Å². The summed E-state index contributed by atoms with van der Waals surface area (Å²) in [4.78, 5) is 41.1. The first-order valence-corrected chi connectivity index (χ1v) is 38.2. The summed E-state index contributed by atoms with van der Waals surface area (Å²) >= 11 is 3.59. The molecule has 7 aromatic rings. The van der Waals surface area contributed by atoms with Crippen LogP contribution < -0.4 is 5.46 Å². The molecular formula is C86H113BBrN3O19. The Hall–Kier alpha value is -7.15. The zero-order valence-corrected chi connectivity index (χ0v) is 67.8. The van der Waals surface area contributed by atoms with Gasteiger partial charge in [-0.25, -0.2) is 0 Å². The number of aryl methyl sites for hydroxylation is 3. The van der Waals surface area contributed by atoms with Crippen LogP contribution in [0.4, 0.5) is 0 Å². The van der Waals surface area contributed by atoms with Crippen molar-refractivity contribution >= 4 is 46.2 Å². The SMILES string of the molecule is CCC1O[C@H]([C@H](C)c2ccc(Br)cc2C)C(OCc2ccccc2)[C@@H](C)[C@@H]1C.CN(C)C(=O)c1cccc(B2OC(C)(C)C(C)(C)O2)c1.Cc1cc(-c2cccc(C(=O)N(C)C)c2)ccc1[C@@H](O)[C@H]1OC(CO)[C@@H](O)[C@H](O)C1O.Cc1cc(-c2cccc(C(=O)N(C)C)c2)ccc1[C@@H](O)[C@H]1OC(CO)[C@@H](O)[C@H](O)C1O. The van der Waals surface area contributed by atoms with Crippen LogP contribution in [0.5, 0.6) is 0 Å². The van der Waals surface area contributed by atoms with Crippen molar-refractivity contribution in [1.82, 2.24) is 14.7 Å². The highest BCUT2D eigenvalue weighted by Gasteiger charge is 2.53. The fourth-order valence-corrected chi connectivity index (χ4v) is 14.8. The summed E-state index contributed by atoms with van der Waals surface area (Å²) < 4.78 is 37.3. The minimum Gasteiger partial charge on any atom is -0.399 e. The van der Waals surface area contributed by atoms with Crippen LogP contribution in [-0.2, 0) is 34.9 Å². The molecule has 0 saturated carbocycles. The monoisotopic (exact) mass is 1580 g/mol. The second-order valence-corrected chi connectivity index (χ2v) is 31.8. The lowest BCUT2D eigenvalue weighted by Gasteiger charge is -2.47. The lowest BCUT2D eigenvalue weighted by molar-refractivity contribution is -0.250. The third kappa shape index (κ3) is 20.8. The van der Waals surface area contributed by atoms with Gasteiger partial charge in [0.1, 0.15) is 73.2 Å². The van der Waals surface area contributed by atoms with Crippen molar-refractivity contribution in [2.45, 2.75) is 198 Å². The highest BCUT2D eigenvalue weighted by atomic mass is 79.9. The number of carbonyl (C=O) groups excluding carboxylic acids is 3. The Kier molecular flexibility index (Phi) is 31.0. The number of ether oxygens (including phenoxy) is 4. The number of benzene rings is 7. The van der Waals surface area contributed by atoms with Crippen LogP contribution in [0, 0.1) is 32.6 Å². The molecular weight excluding hydrogens is 1470 g/mol. The average Bonchev–Trinajstić information content (AvgIpc) is 1.30. The van der Waals surface area contributed by atoms with E-state index in [4.69, 9.17) is 28.3 Å². The van der Waals surface area contributed by atoms with Crippen molar-refractivity contribution in [2.75, 3.05) is 55.5 Å². The maximum Gasteiger partial charge on any atom is 0.494 e. The molecule has 22 nitrogen and oxygen atoms in total. The number of aliphatic hydroxyl groups excluding tert-OH is 10. The molecule has 11 rings (SSSR count). The van der Waals surface area contributed by atoms with Gasteiger partial charge in [0, 0.05) is 69.4 Å². The first kappa shape index (κ1) is 88.4. The van der Waals surface area contributed by atoms with Gasteiger partial charge in [-0.2, -0.15) is 0 Å². The highest BCUT2D eigenvalue weighted by Crippen LogP contribution is 2.43. The third-order valence-corrected chi connectivity index (χ3v) is 22.4. The Labute approximate surface area is 656 Å². The fourth-order valence-electron chi connectivity index (χ4n) is 14.3. The molecule has 18 atom stereocenters. The molecule has 3 amide bonds. The number of rotatable bonds is 18. The van der Waals surface area contributed by atoms with Crippen molar-refractivity contribution < 1.29 is 93.7 Å². The van der Waals surface area contributed by atoms with Crippen LogP contribution in [-0.4, -0.2) is 237 Å². The predicted molar refractivity (Wildman–Crippen MR) is 426 cm³/mol. The molecule has 4 aliphatic rings. The summed E-state index contributed by atoms with van der Waals surface area (Å²) in [5.41, 5.74) is 11.5. The van der Waals surface area contributed by atoms with Gasteiger partial charge in [0.15, 0.2) is 0 Å². The van der Waals surface area contributed by atoms with E-state index in [0.29, 0.717) is 57.4 Å². The number of carbonyl (C=O) groups is 3. The summed E-state index contributed by atoms with van der Waals surface area (Å²) in [5.74, 6) is 0.980. The van der Waals surface area contributed by atoms with Crippen molar-refractivity contribution in [3.63, 3.8) is 0 Å². The molecule has 24 heteroatoms. The van der Waals surface area contributed by atoms with E-state index in [1.165, 1.54) is 26.5 Å². The lowest BCUT2D eigenvalue weighted by Crippen LogP contribution is -2.59. The molecule has 6 unspecified atom stereocenters. The van der Waals surface area contributed by atoms with E-state index >= 15 is 0 Å². The molecule has 596 valence electrons. The van der Waals surface area contributed by atoms with Crippen LogP contribution in [0.15, 0.2) is 162 Å². The van der Waals surface area contributed by atoms with Gasteiger partial charge in [-0.05, 0) is 182 Å². The summed E-state index contributed by atoms with van der Waals surface area (Å²) in [6, 6.07) is 49.5. The second kappa shape index (κ2) is 38.6. The summed E-state index contributed by atoms with van der Waals surface area (Å²) in [6.07, 6.45) is -14.9. The minimum absolute atomic E-state index is 0.0247. The van der Waals surface area contributed by atoms with Gasteiger partial charge in [0.25, 0.3) is 17.7 Å². The predicted octanol–water partition coefficient (Wildman–Crippen LogP) is 9.06. The largest absolute Gasteiger partial charge is 0.494 e. The zero-order chi connectivity index (χ0) is 81.1. The topological polar surface area (TPSA) is 319 Å². The van der Waals surface area contributed by atoms with Gasteiger partial charge in [-0.3, -0.25) is 14.4 Å². The second-order valence-electron chi connectivity index (χ2n) is 30.9. The molecule has 110 heavy (non-hydrogen) atoms.